The number of nitrogens with one attached hydrogen (secondary N) is 1. The number of aryl methyl sites for hydroxylation is 2. The number of carbonyl (C=O) groups excluding carboxylic acids is 3. The molecule has 3 amide bonds. The summed E-state index contributed by atoms with van der Waals surface area (Å²) in [5, 5.41) is 6.86. The maximum Gasteiger partial charge on any atom is 0.329 e. The Morgan fingerprint density at radius 3 is 2.27 bits per heavy atom. The summed E-state index contributed by atoms with van der Waals surface area (Å²) in [6.45, 7) is 8.18. The van der Waals surface area contributed by atoms with Gasteiger partial charge in [0.1, 0.15) is 19.0 Å². The van der Waals surface area contributed by atoms with Crippen LogP contribution in [0.4, 0.5) is 0 Å². The zero-order valence-corrected chi connectivity index (χ0v) is 36.8. The molecule has 342 valence electrons. The highest BCUT2D eigenvalue weighted by Crippen LogP contribution is 2.35. The van der Waals surface area contributed by atoms with Crippen molar-refractivity contribution in [3.63, 3.8) is 0 Å². The number of ether oxygens (including phenoxy) is 5. The minimum atomic E-state index is -0.694. The highest BCUT2D eigenvalue weighted by molar-refractivity contribution is 6.00. The number of piperidine rings is 1. The summed E-state index contributed by atoms with van der Waals surface area (Å²) < 4.78 is 33.3. The van der Waals surface area contributed by atoms with Crippen molar-refractivity contribution in [2.45, 2.75) is 88.6 Å². The lowest BCUT2D eigenvalue weighted by atomic mass is 9.82. The van der Waals surface area contributed by atoms with Crippen LogP contribution in [0.5, 0.6) is 0 Å². The van der Waals surface area contributed by atoms with Crippen LogP contribution in [0.2, 0.25) is 0 Å². The Balaban J connectivity index is 0.626. The normalized spacial score (nSPS) is 21.7. The Hall–Kier alpha value is -4.52. The Bertz CT molecular complexity index is 2220. The third kappa shape index (κ3) is 11.2. The second-order valence-electron chi connectivity index (χ2n) is 17.4. The number of imide groups is 1. The molecule has 3 saturated heterocycles. The molecule has 6 heterocycles. The molecule has 0 radical (unpaired) electrons. The highest BCUT2D eigenvalue weighted by Gasteiger charge is 2.32. The molecule has 1 aromatic carbocycles. The van der Waals surface area contributed by atoms with E-state index < -0.39 is 11.9 Å². The van der Waals surface area contributed by atoms with Gasteiger partial charge in [0.05, 0.1) is 61.9 Å². The standard InChI is InChI=1S/C46H64N8O9/c1-50-41-30-33(6-9-39(41)54(46(50)58)40-10-11-42(55)49-45(40)57)3-2-20-59-23-24-61-25-26-62-27-28-63-31-43(56)52-18-16-51(17-19-52)36-7-4-34(5-8-36)29-38-44-37(35-13-21-60-22-14-35)12-15-53(44)48-32-47-38/h6,9,12,15,30,32,34-36,40H,2-5,7-8,10-11,13-14,16-29,31H2,1H3,(H,49,55,57). The van der Waals surface area contributed by atoms with Gasteiger partial charge in [-0.15, -0.1) is 0 Å². The van der Waals surface area contributed by atoms with Crippen molar-refractivity contribution in [1.29, 1.82) is 0 Å². The van der Waals surface area contributed by atoms with Gasteiger partial charge in [-0.3, -0.25) is 33.7 Å². The molecule has 1 atom stereocenters. The average molecular weight is 873 g/mol. The van der Waals surface area contributed by atoms with Gasteiger partial charge < -0.3 is 28.6 Å². The first-order valence-electron chi connectivity index (χ1n) is 23.1. The van der Waals surface area contributed by atoms with Gasteiger partial charge in [-0.05, 0) is 105 Å². The van der Waals surface area contributed by atoms with Gasteiger partial charge in [0.15, 0.2) is 0 Å². The molecule has 1 unspecified atom stereocenters. The molecule has 8 rings (SSSR count). The van der Waals surface area contributed by atoms with Crippen molar-refractivity contribution in [1.82, 2.24) is 38.8 Å². The first-order chi connectivity index (χ1) is 30.8. The maximum absolute atomic E-state index is 13.0. The van der Waals surface area contributed by atoms with E-state index in [0.717, 1.165) is 82.6 Å². The molecule has 1 saturated carbocycles. The van der Waals surface area contributed by atoms with E-state index >= 15 is 0 Å². The Kier molecular flexibility index (Phi) is 15.7. The van der Waals surface area contributed by atoms with Crippen LogP contribution >= 0.6 is 0 Å². The lowest BCUT2D eigenvalue weighted by molar-refractivity contribution is -0.139. The average Bonchev–Trinajstić information content (AvgIpc) is 3.85. The predicted octanol–water partition coefficient (Wildman–Crippen LogP) is 3.20. The number of piperazine rings is 1. The van der Waals surface area contributed by atoms with Crippen molar-refractivity contribution in [3.05, 3.63) is 64.1 Å². The van der Waals surface area contributed by atoms with Crippen LogP contribution in [0, 0.1) is 5.92 Å². The van der Waals surface area contributed by atoms with Crippen LogP contribution in [0.1, 0.15) is 86.6 Å². The minimum absolute atomic E-state index is 0.0399. The van der Waals surface area contributed by atoms with E-state index in [4.69, 9.17) is 28.7 Å². The van der Waals surface area contributed by atoms with Gasteiger partial charge >= 0.3 is 5.69 Å². The molecule has 3 aliphatic heterocycles. The molecule has 4 aromatic rings. The van der Waals surface area contributed by atoms with E-state index in [0.29, 0.717) is 76.1 Å². The molecule has 1 aliphatic carbocycles. The fourth-order valence-corrected chi connectivity index (χ4v) is 9.94. The van der Waals surface area contributed by atoms with Crippen molar-refractivity contribution >= 4 is 34.3 Å². The van der Waals surface area contributed by atoms with E-state index in [9.17, 15) is 19.2 Å². The topological polar surface area (TPSA) is 173 Å². The zero-order valence-electron chi connectivity index (χ0n) is 36.8. The van der Waals surface area contributed by atoms with Gasteiger partial charge in [-0.1, -0.05) is 6.07 Å². The quantitative estimate of drug-likeness (QED) is 0.102. The summed E-state index contributed by atoms with van der Waals surface area (Å²) in [5.41, 5.74) is 6.01. The summed E-state index contributed by atoms with van der Waals surface area (Å²) in [7, 11) is 1.70. The second-order valence-corrected chi connectivity index (χ2v) is 17.4. The maximum atomic E-state index is 13.0. The number of carbonyl (C=O) groups is 3. The fraction of sp³-hybridized carbons (Fsp3) is 0.652. The van der Waals surface area contributed by atoms with E-state index in [1.54, 1.807) is 17.9 Å². The van der Waals surface area contributed by atoms with Crippen LogP contribution in [0.15, 0.2) is 41.6 Å². The van der Waals surface area contributed by atoms with Crippen molar-refractivity contribution in [2.75, 3.05) is 92.2 Å². The van der Waals surface area contributed by atoms with E-state index in [2.05, 4.69) is 27.6 Å². The van der Waals surface area contributed by atoms with Crippen molar-refractivity contribution in [3.8, 4) is 0 Å². The highest BCUT2D eigenvalue weighted by atomic mass is 16.6. The number of hydrogen-bond acceptors (Lipinski definition) is 12. The van der Waals surface area contributed by atoms with E-state index in [-0.39, 0.29) is 30.5 Å². The molecule has 4 fully saturated rings. The number of rotatable bonds is 20. The van der Waals surface area contributed by atoms with Gasteiger partial charge in [-0.2, -0.15) is 5.10 Å². The molecular formula is C46H64N8O9. The summed E-state index contributed by atoms with van der Waals surface area (Å²) in [6.07, 6.45) is 13.8. The SMILES string of the molecule is Cn1c(=O)n(C2CCC(=O)NC2=O)c2ccc(CCCOCCOCCOCCOCC(=O)N3CCN(C4CCC(Cc5ncnn6ccc(C7CCOCC7)c56)CC4)CC3)cc21. The van der Waals surface area contributed by atoms with Gasteiger partial charge in [0.2, 0.25) is 17.7 Å². The van der Waals surface area contributed by atoms with Crippen LogP contribution in [-0.2, 0) is 58.0 Å². The molecule has 17 nitrogen and oxygen atoms in total. The Labute approximate surface area is 368 Å². The number of hydrogen-bond donors (Lipinski definition) is 1. The molecule has 17 heteroatoms. The van der Waals surface area contributed by atoms with E-state index in [1.807, 2.05) is 27.6 Å². The van der Waals surface area contributed by atoms with Crippen molar-refractivity contribution in [2.24, 2.45) is 13.0 Å². The van der Waals surface area contributed by atoms with Crippen LogP contribution < -0.4 is 11.0 Å². The smallest absolute Gasteiger partial charge is 0.329 e. The van der Waals surface area contributed by atoms with Gasteiger partial charge in [0.25, 0.3) is 0 Å². The predicted molar refractivity (Wildman–Crippen MR) is 234 cm³/mol. The Morgan fingerprint density at radius 1 is 0.825 bits per heavy atom. The summed E-state index contributed by atoms with van der Waals surface area (Å²) in [6, 6.07) is 7.95. The Morgan fingerprint density at radius 2 is 1.54 bits per heavy atom. The number of amides is 3. The minimum Gasteiger partial charge on any atom is -0.381 e. The molecule has 63 heavy (non-hydrogen) atoms. The third-order valence-corrected chi connectivity index (χ3v) is 13.5. The molecule has 1 N–H and O–H groups in total. The van der Waals surface area contributed by atoms with Gasteiger partial charge in [-0.25, -0.2) is 14.3 Å². The van der Waals surface area contributed by atoms with Crippen LogP contribution in [-0.4, -0.2) is 150 Å². The molecule has 4 aliphatic rings. The van der Waals surface area contributed by atoms with Gasteiger partial charge in [0, 0.05) is 71.7 Å². The summed E-state index contributed by atoms with van der Waals surface area (Å²) in [4.78, 5) is 59.2. The first-order valence-corrected chi connectivity index (χ1v) is 23.1. The monoisotopic (exact) mass is 872 g/mol. The number of imidazole rings is 1. The number of nitrogens with zero attached hydrogens (tertiary/aromatic N) is 7. The van der Waals surface area contributed by atoms with Crippen LogP contribution in [0.25, 0.3) is 16.6 Å². The molecular weight excluding hydrogens is 809 g/mol. The summed E-state index contributed by atoms with van der Waals surface area (Å²) in [5.74, 6) is 0.443. The largest absolute Gasteiger partial charge is 0.381 e. The lowest BCUT2D eigenvalue weighted by Crippen LogP contribution is -2.53. The number of benzene rings is 1. The lowest BCUT2D eigenvalue weighted by Gasteiger charge is -2.42. The number of aromatic nitrogens is 5. The summed E-state index contributed by atoms with van der Waals surface area (Å²) >= 11 is 0. The van der Waals surface area contributed by atoms with Crippen molar-refractivity contribution < 1.29 is 38.1 Å². The first kappa shape index (κ1) is 45.1. The molecule has 3 aromatic heterocycles. The number of fused-ring (bicyclic) bond motifs is 2. The third-order valence-electron chi connectivity index (χ3n) is 13.5. The van der Waals surface area contributed by atoms with Crippen LogP contribution in [0.3, 0.4) is 0 Å². The molecule has 0 bridgehead atoms. The molecule has 0 spiro atoms. The second kappa shape index (κ2) is 21.9. The zero-order chi connectivity index (χ0) is 43.5. The van der Waals surface area contributed by atoms with E-state index in [1.165, 1.54) is 47.0 Å². The fourth-order valence-electron chi connectivity index (χ4n) is 9.94.